The van der Waals surface area contributed by atoms with E-state index in [0.29, 0.717) is 62.9 Å². The monoisotopic (exact) mass is 513 g/mol. The Morgan fingerprint density at radius 3 is 2.74 bits per heavy atom. The third kappa shape index (κ3) is 5.48. The maximum atomic E-state index is 13.3. The van der Waals surface area contributed by atoms with Crippen molar-refractivity contribution in [3.8, 4) is 0 Å². The van der Waals surface area contributed by atoms with Crippen LogP contribution in [0.25, 0.3) is 0 Å². The third-order valence-electron chi connectivity index (χ3n) is 6.67. The molecular formula is C24H27ClF3N3O4. The summed E-state index contributed by atoms with van der Waals surface area (Å²) < 4.78 is 52.3. The minimum atomic E-state index is -4.73. The first kappa shape index (κ1) is 25.5. The number of rotatable bonds is 6. The number of ether oxygens (including phenoxy) is 2. The number of fused-ring (bicyclic) bond motifs is 1. The summed E-state index contributed by atoms with van der Waals surface area (Å²) in [5, 5.41) is 7.57. The minimum Gasteiger partial charge on any atom is -0.462 e. The molecule has 4 rings (SSSR count). The Bertz CT molecular complexity index is 1110. The van der Waals surface area contributed by atoms with Gasteiger partial charge in [0.2, 0.25) is 0 Å². The number of carbonyl (C=O) groups is 2. The zero-order chi connectivity index (χ0) is 25.2. The highest BCUT2D eigenvalue weighted by molar-refractivity contribution is 6.30. The summed E-state index contributed by atoms with van der Waals surface area (Å²) >= 11 is 5.67. The largest absolute Gasteiger partial charge is 0.462 e. The number of nitrogens with zero attached hydrogens (tertiary/aromatic N) is 2. The van der Waals surface area contributed by atoms with Crippen LogP contribution in [0.5, 0.6) is 0 Å². The molecule has 0 aliphatic carbocycles. The zero-order valence-corrected chi connectivity index (χ0v) is 20.1. The van der Waals surface area contributed by atoms with Crippen molar-refractivity contribution in [3.63, 3.8) is 0 Å². The Balaban J connectivity index is 1.46. The molecule has 1 N–H and O–H groups in total. The fraction of sp³-hybridized carbons (Fsp3) is 0.542. The Hall–Kier alpha value is -2.59. The topological polar surface area (TPSA) is 82.5 Å². The highest BCUT2D eigenvalue weighted by Gasteiger charge is 2.40. The van der Waals surface area contributed by atoms with Crippen molar-refractivity contribution >= 4 is 23.5 Å². The number of aromatic nitrogens is 2. The van der Waals surface area contributed by atoms with Crippen molar-refractivity contribution in [2.24, 2.45) is 5.41 Å². The van der Waals surface area contributed by atoms with E-state index in [9.17, 15) is 22.8 Å². The van der Waals surface area contributed by atoms with E-state index in [4.69, 9.17) is 21.1 Å². The fourth-order valence-electron chi connectivity index (χ4n) is 4.74. The molecule has 0 radical (unpaired) electrons. The van der Waals surface area contributed by atoms with E-state index in [1.54, 1.807) is 4.68 Å². The molecule has 1 saturated heterocycles. The van der Waals surface area contributed by atoms with Gasteiger partial charge in [-0.2, -0.15) is 18.3 Å². The molecule has 7 nitrogen and oxygen atoms in total. The van der Waals surface area contributed by atoms with Gasteiger partial charge in [-0.1, -0.05) is 18.5 Å². The van der Waals surface area contributed by atoms with Crippen LogP contribution in [0.2, 0.25) is 5.02 Å². The molecule has 0 atom stereocenters. The van der Waals surface area contributed by atoms with Gasteiger partial charge in [0.1, 0.15) is 0 Å². The van der Waals surface area contributed by atoms with Gasteiger partial charge in [0.25, 0.3) is 5.91 Å². The Morgan fingerprint density at radius 1 is 1.31 bits per heavy atom. The molecular weight excluding hydrogens is 487 g/mol. The molecule has 0 bridgehead atoms. The summed E-state index contributed by atoms with van der Waals surface area (Å²) in [4.78, 5) is 25.2. The standard InChI is InChI=1S/C24H27ClF3N3O4/c1-2-18-20-19(13-23(14-29-21(20)32)6-10-34-11-7-23)31(30-18)8-3-9-35-22(33)16-5-4-15(25)12-17(16)24(26,27)28/h4-5,12H,2-3,6-11,13-14H2,1H3,(H,29,32). The Labute approximate surface area is 205 Å². The second-order valence-corrected chi connectivity index (χ2v) is 9.43. The number of amides is 1. The molecule has 1 fully saturated rings. The molecule has 1 amide bonds. The van der Waals surface area contributed by atoms with E-state index in [0.717, 1.165) is 24.6 Å². The molecule has 2 aromatic rings. The average molecular weight is 514 g/mol. The van der Waals surface area contributed by atoms with Crippen LogP contribution < -0.4 is 5.32 Å². The number of hydrogen-bond acceptors (Lipinski definition) is 5. The molecule has 0 unspecified atom stereocenters. The summed E-state index contributed by atoms with van der Waals surface area (Å²) in [6.45, 7) is 4.05. The minimum absolute atomic E-state index is 0.0972. The van der Waals surface area contributed by atoms with E-state index in [2.05, 4.69) is 10.4 Å². The fourth-order valence-corrected chi connectivity index (χ4v) is 4.92. The van der Waals surface area contributed by atoms with Gasteiger partial charge in [-0.05, 0) is 49.3 Å². The van der Waals surface area contributed by atoms with E-state index in [1.165, 1.54) is 6.07 Å². The van der Waals surface area contributed by atoms with Crippen molar-refractivity contribution in [2.75, 3.05) is 26.4 Å². The van der Waals surface area contributed by atoms with Crippen LogP contribution in [0.1, 0.15) is 63.9 Å². The lowest BCUT2D eigenvalue weighted by molar-refractivity contribution is -0.138. The van der Waals surface area contributed by atoms with Gasteiger partial charge in [0, 0.05) is 37.7 Å². The number of benzene rings is 1. The number of alkyl halides is 3. The highest BCUT2D eigenvalue weighted by Crippen LogP contribution is 2.37. The Kier molecular flexibility index (Phi) is 7.42. The lowest BCUT2D eigenvalue weighted by atomic mass is 9.76. The van der Waals surface area contributed by atoms with Crippen LogP contribution >= 0.6 is 11.6 Å². The van der Waals surface area contributed by atoms with Gasteiger partial charge in [-0.25, -0.2) is 4.79 Å². The van der Waals surface area contributed by atoms with E-state index in [-0.39, 0.29) is 23.0 Å². The maximum Gasteiger partial charge on any atom is 0.417 e. The van der Waals surface area contributed by atoms with Gasteiger partial charge >= 0.3 is 12.1 Å². The highest BCUT2D eigenvalue weighted by atomic mass is 35.5. The number of aryl methyl sites for hydroxylation is 2. The number of esters is 1. The lowest BCUT2D eigenvalue weighted by Crippen LogP contribution is -2.40. The van der Waals surface area contributed by atoms with E-state index >= 15 is 0 Å². The molecule has 3 heterocycles. The number of nitrogens with one attached hydrogen (secondary N) is 1. The third-order valence-corrected chi connectivity index (χ3v) is 6.90. The van der Waals surface area contributed by atoms with Crippen molar-refractivity contribution in [1.29, 1.82) is 0 Å². The first-order chi connectivity index (χ1) is 16.6. The van der Waals surface area contributed by atoms with Gasteiger partial charge in [-0.15, -0.1) is 0 Å². The van der Waals surface area contributed by atoms with Gasteiger partial charge in [0.05, 0.1) is 34.7 Å². The molecule has 2 aliphatic rings. The van der Waals surface area contributed by atoms with E-state index < -0.39 is 23.3 Å². The molecule has 2 aliphatic heterocycles. The van der Waals surface area contributed by atoms with Crippen molar-refractivity contribution in [3.05, 3.63) is 51.3 Å². The molecule has 190 valence electrons. The van der Waals surface area contributed by atoms with Crippen molar-refractivity contribution < 1.29 is 32.2 Å². The van der Waals surface area contributed by atoms with Crippen LogP contribution in [0.15, 0.2) is 18.2 Å². The summed E-state index contributed by atoms with van der Waals surface area (Å²) in [6.07, 6.45) is -1.47. The first-order valence-electron chi connectivity index (χ1n) is 11.6. The van der Waals surface area contributed by atoms with Crippen LogP contribution in [0, 0.1) is 5.41 Å². The molecule has 1 spiro atoms. The van der Waals surface area contributed by atoms with Crippen molar-refractivity contribution in [1.82, 2.24) is 15.1 Å². The van der Waals surface area contributed by atoms with Gasteiger partial charge < -0.3 is 14.8 Å². The number of carbonyl (C=O) groups excluding carboxylic acids is 2. The summed E-state index contributed by atoms with van der Waals surface area (Å²) in [6, 6.07) is 2.94. The first-order valence-corrected chi connectivity index (χ1v) is 12.0. The molecule has 1 aromatic heterocycles. The summed E-state index contributed by atoms with van der Waals surface area (Å²) in [5.41, 5.74) is 0.339. The SMILES string of the molecule is CCc1nn(CCCOC(=O)c2ccc(Cl)cc2C(F)(F)F)c2c1C(=O)NCC1(CCOCC1)C2. The normalized spacial score (nSPS) is 17.6. The lowest BCUT2D eigenvalue weighted by Gasteiger charge is -2.36. The van der Waals surface area contributed by atoms with Crippen LogP contribution in [-0.2, 0) is 35.0 Å². The quantitative estimate of drug-likeness (QED) is 0.456. The molecule has 35 heavy (non-hydrogen) atoms. The van der Waals surface area contributed by atoms with Crippen LogP contribution in [0.3, 0.4) is 0 Å². The predicted octanol–water partition coefficient (Wildman–Crippen LogP) is 4.45. The van der Waals surface area contributed by atoms with Crippen LogP contribution in [0.4, 0.5) is 13.2 Å². The average Bonchev–Trinajstić information content (AvgIpc) is 3.10. The molecule has 0 saturated carbocycles. The maximum absolute atomic E-state index is 13.3. The molecule has 1 aromatic carbocycles. The van der Waals surface area contributed by atoms with E-state index in [1.807, 2.05) is 6.92 Å². The van der Waals surface area contributed by atoms with Gasteiger partial charge in [-0.3, -0.25) is 9.48 Å². The van der Waals surface area contributed by atoms with Gasteiger partial charge in [0.15, 0.2) is 0 Å². The summed E-state index contributed by atoms with van der Waals surface area (Å²) in [5.74, 6) is -1.21. The summed E-state index contributed by atoms with van der Waals surface area (Å²) in [7, 11) is 0. The molecule has 11 heteroatoms. The zero-order valence-electron chi connectivity index (χ0n) is 19.3. The smallest absolute Gasteiger partial charge is 0.417 e. The number of halogens is 4. The Morgan fingerprint density at radius 2 is 2.06 bits per heavy atom. The van der Waals surface area contributed by atoms with Crippen LogP contribution in [-0.4, -0.2) is 48.0 Å². The second kappa shape index (κ2) is 10.2. The van der Waals surface area contributed by atoms with Crippen molar-refractivity contribution in [2.45, 2.75) is 51.7 Å². The second-order valence-electron chi connectivity index (χ2n) is 8.99. The predicted molar refractivity (Wildman–Crippen MR) is 121 cm³/mol. The number of hydrogen-bond donors (Lipinski definition) is 1.